The first-order valence-corrected chi connectivity index (χ1v) is 5.76. The fourth-order valence-corrected chi connectivity index (χ4v) is 1.59. The number of fused-ring (bicyclic) bond motifs is 2. The monoisotopic (exact) mass is 270 g/mol. The van der Waals surface area contributed by atoms with E-state index in [2.05, 4.69) is 9.97 Å². The van der Waals surface area contributed by atoms with Crippen LogP contribution in [-0.4, -0.2) is 9.97 Å². The summed E-state index contributed by atoms with van der Waals surface area (Å²) in [6, 6.07) is 3.54. The predicted molar refractivity (Wildman–Crippen MR) is 70.4 cm³/mol. The number of benzene rings is 1. The molecule has 0 N–H and O–H groups in total. The first-order valence-electron chi connectivity index (χ1n) is 5.76. The smallest absolute Gasteiger partial charge is 0.171 e. The lowest BCUT2D eigenvalue weighted by atomic mass is 10.2. The summed E-state index contributed by atoms with van der Waals surface area (Å²) in [6.45, 7) is 0. The quantitative estimate of drug-likeness (QED) is 0.733. The summed E-state index contributed by atoms with van der Waals surface area (Å²) >= 11 is 0. The van der Waals surface area contributed by atoms with E-state index < -0.39 is 0 Å². The summed E-state index contributed by atoms with van der Waals surface area (Å²) < 4.78 is 20.9. The van der Waals surface area contributed by atoms with Gasteiger partial charge < -0.3 is 18.9 Å². The Morgan fingerprint density at radius 1 is 0.750 bits per heavy atom. The molecule has 0 saturated heterocycles. The van der Waals surface area contributed by atoms with E-state index in [1.807, 2.05) is 0 Å². The molecule has 6 heteroatoms. The van der Waals surface area contributed by atoms with Gasteiger partial charge in [-0.3, -0.25) is 0 Å². The maximum Gasteiger partial charge on any atom is 0.171 e. The zero-order valence-corrected chi connectivity index (χ0v) is 10.3. The van der Waals surface area contributed by atoms with E-state index in [0.717, 1.165) is 10.9 Å². The van der Waals surface area contributed by atoms with Gasteiger partial charge in [0.15, 0.2) is 11.5 Å². The van der Waals surface area contributed by atoms with Crippen LogP contribution in [0, 0.1) is 0 Å². The molecule has 0 unspecified atom stereocenters. The highest BCUT2D eigenvalue weighted by Crippen LogP contribution is 2.32. The average molecular weight is 270 g/mol. The molecule has 0 bridgehead atoms. The molecule has 2 heterocycles. The molecule has 0 spiro atoms. The first kappa shape index (κ1) is 12.0. The summed E-state index contributed by atoms with van der Waals surface area (Å²) in [4.78, 5) is 8.13. The Morgan fingerprint density at radius 3 is 2.15 bits per heavy atom. The Balaban J connectivity index is 2.01. The lowest BCUT2D eigenvalue weighted by molar-refractivity contribution is 0.316. The van der Waals surface area contributed by atoms with Crippen molar-refractivity contribution in [1.29, 1.82) is 0 Å². The van der Waals surface area contributed by atoms with Gasteiger partial charge in [-0.2, -0.15) is 0 Å². The van der Waals surface area contributed by atoms with Gasteiger partial charge in [0.25, 0.3) is 0 Å². The minimum absolute atomic E-state index is 0.505. The van der Waals surface area contributed by atoms with E-state index in [1.165, 1.54) is 43.9 Å². The minimum atomic E-state index is 0.505. The van der Waals surface area contributed by atoms with Gasteiger partial charge in [-0.25, -0.2) is 9.97 Å². The van der Waals surface area contributed by atoms with Gasteiger partial charge in [0.1, 0.15) is 43.9 Å². The lowest BCUT2D eigenvalue weighted by Gasteiger charge is -2.09. The van der Waals surface area contributed by atoms with Gasteiger partial charge in [-0.1, -0.05) is 0 Å². The average Bonchev–Trinajstić information content (AvgIpc) is 2.47. The number of aromatic nitrogens is 2. The fraction of sp³-hybridized carbons (Fsp3) is 0. The summed E-state index contributed by atoms with van der Waals surface area (Å²) in [5.74, 6) is 1.02. The molecule has 0 atom stereocenters. The van der Waals surface area contributed by atoms with Crippen LogP contribution in [0.3, 0.4) is 0 Å². The Labute approximate surface area is 114 Å². The van der Waals surface area contributed by atoms with Crippen molar-refractivity contribution in [3.8, 4) is 11.5 Å². The van der Waals surface area contributed by atoms with Gasteiger partial charge in [-0.05, 0) is 6.07 Å². The Morgan fingerprint density at radius 2 is 1.40 bits per heavy atom. The number of nitrogens with zero attached hydrogens (tertiary/aromatic N) is 2. The van der Waals surface area contributed by atoms with Crippen LogP contribution in [0.25, 0.3) is 10.9 Å². The second-order valence-corrected chi connectivity index (χ2v) is 3.70. The molecule has 20 heavy (non-hydrogen) atoms. The minimum Gasteiger partial charge on any atom is -0.466 e. The molecule has 0 radical (unpaired) electrons. The Bertz CT molecular complexity index is 636. The van der Waals surface area contributed by atoms with Gasteiger partial charge in [-0.15, -0.1) is 0 Å². The number of hydrogen-bond acceptors (Lipinski definition) is 6. The van der Waals surface area contributed by atoms with Crippen LogP contribution in [0.2, 0.25) is 0 Å². The third kappa shape index (κ3) is 2.69. The van der Waals surface area contributed by atoms with Gasteiger partial charge in [0.05, 0.1) is 5.52 Å². The van der Waals surface area contributed by atoms with Crippen molar-refractivity contribution >= 4 is 10.9 Å². The van der Waals surface area contributed by atoms with Crippen LogP contribution in [0.5, 0.6) is 11.5 Å². The van der Waals surface area contributed by atoms with Gasteiger partial charge >= 0.3 is 0 Å². The molecule has 100 valence electrons. The first-order chi connectivity index (χ1) is 9.93. The summed E-state index contributed by atoms with van der Waals surface area (Å²) in [5.41, 5.74) is 0.754. The fourth-order valence-electron chi connectivity index (χ4n) is 1.59. The summed E-state index contributed by atoms with van der Waals surface area (Å²) in [5, 5.41) is 0.844. The second-order valence-electron chi connectivity index (χ2n) is 3.70. The van der Waals surface area contributed by atoms with E-state index in [0.29, 0.717) is 11.5 Å². The molecule has 0 amide bonds. The Hall–Kier alpha value is -3.02. The lowest BCUT2D eigenvalue weighted by Crippen LogP contribution is -1.92. The third-order valence-electron chi connectivity index (χ3n) is 2.44. The molecule has 3 rings (SSSR count). The molecule has 1 aromatic heterocycles. The summed E-state index contributed by atoms with van der Waals surface area (Å²) in [7, 11) is 0. The van der Waals surface area contributed by atoms with Crippen LogP contribution in [0.15, 0.2) is 62.2 Å². The van der Waals surface area contributed by atoms with Crippen LogP contribution < -0.4 is 9.47 Å². The van der Waals surface area contributed by atoms with E-state index in [4.69, 9.17) is 18.9 Å². The van der Waals surface area contributed by atoms with Crippen LogP contribution in [-0.2, 0) is 9.47 Å². The molecule has 0 saturated carbocycles. The zero-order valence-electron chi connectivity index (χ0n) is 10.3. The molecule has 1 aliphatic heterocycles. The van der Waals surface area contributed by atoms with Crippen molar-refractivity contribution in [2.75, 3.05) is 0 Å². The van der Waals surface area contributed by atoms with Gasteiger partial charge in [0, 0.05) is 17.6 Å². The molecule has 1 aromatic carbocycles. The van der Waals surface area contributed by atoms with Gasteiger partial charge in [0.2, 0.25) is 0 Å². The predicted octanol–water partition coefficient (Wildman–Crippen LogP) is 2.85. The maximum absolute atomic E-state index is 5.47. The number of hydrogen-bond donors (Lipinski definition) is 0. The molecular formula is C14H10N2O4. The van der Waals surface area contributed by atoms with Crippen molar-refractivity contribution in [1.82, 2.24) is 9.97 Å². The van der Waals surface area contributed by atoms with Crippen molar-refractivity contribution in [3.63, 3.8) is 0 Å². The highest BCUT2D eigenvalue weighted by molar-refractivity contribution is 5.81. The van der Waals surface area contributed by atoms with E-state index in [9.17, 15) is 0 Å². The normalized spacial score (nSPS) is 14.0. The van der Waals surface area contributed by atoms with E-state index in [-0.39, 0.29) is 0 Å². The van der Waals surface area contributed by atoms with Crippen LogP contribution in [0.1, 0.15) is 0 Å². The molecular weight excluding hydrogens is 260 g/mol. The molecule has 6 nitrogen and oxygen atoms in total. The summed E-state index contributed by atoms with van der Waals surface area (Å²) in [6.07, 6.45) is 11.4. The number of rotatable bonds is 0. The standard InChI is InChI=1S/C14H10N2O4/c1-2-18-4-6-20-14-8-12-11(9-15-10-16-12)7-13(14)19-5-3-17-1/h1-10H. The molecule has 0 aliphatic carbocycles. The second kappa shape index (κ2) is 5.75. The molecule has 0 fully saturated rings. The third-order valence-corrected chi connectivity index (χ3v) is 2.44. The molecule has 2 aromatic rings. The van der Waals surface area contributed by atoms with Crippen LogP contribution in [0.4, 0.5) is 0 Å². The highest BCUT2D eigenvalue weighted by Gasteiger charge is 2.07. The largest absolute Gasteiger partial charge is 0.466 e. The van der Waals surface area contributed by atoms with Crippen molar-refractivity contribution in [2.45, 2.75) is 0 Å². The van der Waals surface area contributed by atoms with Crippen molar-refractivity contribution in [2.24, 2.45) is 0 Å². The highest BCUT2D eigenvalue weighted by atomic mass is 16.5. The van der Waals surface area contributed by atoms with Crippen molar-refractivity contribution < 1.29 is 18.9 Å². The van der Waals surface area contributed by atoms with Crippen LogP contribution >= 0.6 is 0 Å². The molecule has 1 aliphatic rings. The van der Waals surface area contributed by atoms with E-state index in [1.54, 1.807) is 18.3 Å². The van der Waals surface area contributed by atoms with Crippen molar-refractivity contribution in [3.05, 3.63) is 62.2 Å². The topological polar surface area (TPSA) is 62.7 Å². The maximum atomic E-state index is 5.47. The number of ether oxygens (including phenoxy) is 4. The Kier molecular flexibility index (Phi) is 3.46. The zero-order chi connectivity index (χ0) is 13.6. The SMILES string of the molecule is C1=COC=COc2cc3ncncc3cc2OC=CO1. The van der Waals surface area contributed by atoms with E-state index >= 15 is 0 Å².